The van der Waals surface area contributed by atoms with Crippen LogP contribution in [0.3, 0.4) is 0 Å². The lowest BCUT2D eigenvalue weighted by molar-refractivity contribution is -0.192. The van der Waals surface area contributed by atoms with Gasteiger partial charge in [0.1, 0.15) is 6.54 Å². The van der Waals surface area contributed by atoms with Crippen LogP contribution in [-0.2, 0) is 22.6 Å². The Morgan fingerprint density at radius 2 is 1.53 bits per heavy atom. The minimum atomic E-state index is -5.08. The maximum atomic E-state index is 13.6. The number of alkyl halides is 3. The summed E-state index contributed by atoms with van der Waals surface area (Å²) >= 11 is 0. The Hall–Kier alpha value is -3.54. The Morgan fingerprint density at radius 1 is 0.972 bits per heavy atom. The van der Waals surface area contributed by atoms with Crippen LogP contribution in [0.2, 0.25) is 0 Å². The van der Waals surface area contributed by atoms with Gasteiger partial charge in [0.2, 0.25) is 5.91 Å². The minimum Gasteiger partial charge on any atom is -0.475 e. The number of aliphatic carboxylic acids is 1. The summed E-state index contributed by atoms with van der Waals surface area (Å²) in [5.74, 6) is -5.52. The molecule has 2 aromatic rings. The van der Waals surface area contributed by atoms with Crippen molar-refractivity contribution in [1.29, 1.82) is 0 Å². The quantitative estimate of drug-likeness (QED) is 0.577. The molecule has 0 radical (unpaired) electrons. The number of carboxylic acids is 1. The Bertz CT molecular complexity index is 1050. The molecule has 36 heavy (non-hydrogen) atoms. The molecule has 0 atom stereocenters. The zero-order valence-corrected chi connectivity index (χ0v) is 19.4. The van der Waals surface area contributed by atoms with Crippen molar-refractivity contribution in [3.8, 4) is 0 Å². The molecule has 0 aromatic heterocycles. The number of hydrogen-bond acceptors (Lipinski definition) is 4. The van der Waals surface area contributed by atoms with E-state index in [1.54, 1.807) is 4.90 Å². The lowest BCUT2D eigenvalue weighted by Crippen LogP contribution is -2.50. The van der Waals surface area contributed by atoms with Gasteiger partial charge in [0.15, 0.2) is 11.6 Å². The second kappa shape index (κ2) is 13.0. The lowest BCUT2D eigenvalue weighted by atomic mass is 10.1. The molecular formula is C24H26F5N3O4. The predicted molar refractivity (Wildman–Crippen MR) is 120 cm³/mol. The molecule has 0 aliphatic carbocycles. The number of amides is 2. The Labute approximate surface area is 204 Å². The first-order chi connectivity index (χ1) is 16.9. The third-order valence-electron chi connectivity index (χ3n) is 5.30. The zero-order valence-electron chi connectivity index (χ0n) is 19.4. The van der Waals surface area contributed by atoms with E-state index in [1.165, 1.54) is 16.5 Å². The Balaban J connectivity index is 0.000000572. The second-order valence-electron chi connectivity index (χ2n) is 7.89. The van der Waals surface area contributed by atoms with Crippen LogP contribution in [0, 0.1) is 11.6 Å². The van der Waals surface area contributed by atoms with Crippen LogP contribution in [-0.4, -0.2) is 71.6 Å². The van der Waals surface area contributed by atoms with Gasteiger partial charge in [-0.3, -0.25) is 9.59 Å². The van der Waals surface area contributed by atoms with E-state index in [9.17, 15) is 31.5 Å². The van der Waals surface area contributed by atoms with Crippen LogP contribution < -0.4 is 5.32 Å². The van der Waals surface area contributed by atoms with Crippen LogP contribution in [0.15, 0.2) is 42.5 Å². The molecule has 2 N–H and O–H groups in total. The van der Waals surface area contributed by atoms with Crippen LogP contribution in [0.5, 0.6) is 0 Å². The van der Waals surface area contributed by atoms with Gasteiger partial charge in [0.25, 0.3) is 5.91 Å². The van der Waals surface area contributed by atoms with E-state index in [2.05, 4.69) is 12.2 Å². The molecule has 0 saturated carbocycles. The summed E-state index contributed by atoms with van der Waals surface area (Å²) in [6.45, 7) is 4.73. The number of piperazine rings is 1. The smallest absolute Gasteiger partial charge is 0.475 e. The number of carboxylic acid groups (broad SMARTS) is 1. The molecule has 1 fully saturated rings. The molecule has 7 nitrogen and oxygen atoms in total. The van der Waals surface area contributed by atoms with Gasteiger partial charge in [0.05, 0.1) is 0 Å². The van der Waals surface area contributed by atoms with Gasteiger partial charge >= 0.3 is 12.1 Å². The fraction of sp³-hybridized carbons (Fsp3) is 0.375. The highest BCUT2D eigenvalue weighted by Crippen LogP contribution is 2.15. The van der Waals surface area contributed by atoms with Crippen molar-refractivity contribution in [3.05, 3.63) is 70.8 Å². The molecule has 1 aliphatic rings. The van der Waals surface area contributed by atoms with Crippen LogP contribution in [0.4, 0.5) is 22.0 Å². The highest BCUT2D eigenvalue weighted by molar-refractivity contribution is 5.96. The number of nitrogens with one attached hydrogen (secondary N) is 1. The molecule has 1 saturated heterocycles. The maximum absolute atomic E-state index is 13.6. The number of carbonyl (C=O) groups excluding carboxylic acids is 2. The summed E-state index contributed by atoms with van der Waals surface area (Å²) in [6.07, 6.45) is -4.18. The third-order valence-corrected chi connectivity index (χ3v) is 5.30. The first-order valence-electron chi connectivity index (χ1n) is 11.0. The summed E-state index contributed by atoms with van der Waals surface area (Å²) < 4.78 is 58.6. The minimum absolute atomic E-state index is 0.0159. The summed E-state index contributed by atoms with van der Waals surface area (Å²) in [7, 11) is 0. The van der Waals surface area contributed by atoms with Crippen molar-refractivity contribution in [1.82, 2.24) is 15.1 Å². The normalized spacial score (nSPS) is 13.4. The van der Waals surface area contributed by atoms with E-state index >= 15 is 0 Å². The fourth-order valence-corrected chi connectivity index (χ4v) is 3.29. The van der Waals surface area contributed by atoms with E-state index in [0.717, 1.165) is 24.1 Å². The van der Waals surface area contributed by atoms with Crippen molar-refractivity contribution in [2.24, 2.45) is 0 Å². The van der Waals surface area contributed by atoms with E-state index in [4.69, 9.17) is 9.90 Å². The van der Waals surface area contributed by atoms with Crippen molar-refractivity contribution in [2.45, 2.75) is 26.1 Å². The van der Waals surface area contributed by atoms with Crippen LogP contribution >= 0.6 is 0 Å². The summed E-state index contributed by atoms with van der Waals surface area (Å²) in [5.41, 5.74) is 2.05. The van der Waals surface area contributed by atoms with Gasteiger partial charge in [-0.05, 0) is 35.7 Å². The number of rotatable bonds is 6. The van der Waals surface area contributed by atoms with E-state index in [1.807, 2.05) is 24.3 Å². The highest BCUT2D eigenvalue weighted by atomic mass is 19.4. The number of halogens is 5. The molecule has 0 spiro atoms. The second-order valence-corrected chi connectivity index (χ2v) is 7.89. The standard InChI is InChI=1S/C22H25F2N3O2.C2HF3O2/c1-2-16-3-5-17(6-4-16)14-27(15-21(28)26-11-9-25-10-12-26)22(29)18-7-8-19(23)20(24)13-18;3-2(4,5)1(6)7/h3-8,13,25H,2,9-12,14-15H2,1H3;(H,6,7). The van der Waals surface area contributed by atoms with Crippen molar-refractivity contribution < 1.29 is 41.4 Å². The highest BCUT2D eigenvalue weighted by Gasteiger charge is 2.38. The number of carbonyl (C=O) groups is 3. The molecule has 1 heterocycles. The number of aryl methyl sites for hydroxylation is 1. The Kier molecular flexibility index (Phi) is 10.3. The summed E-state index contributed by atoms with van der Waals surface area (Å²) in [4.78, 5) is 37.7. The number of benzene rings is 2. The molecule has 196 valence electrons. The van der Waals surface area contributed by atoms with Gasteiger partial charge in [-0.1, -0.05) is 31.2 Å². The van der Waals surface area contributed by atoms with Gasteiger partial charge in [-0.2, -0.15) is 13.2 Å². The SMILES string of the molecule is CCc1ccc(CN(CC(=O)N2CCNCC2)C(=O)c2ccc(F)c(F)c2)cc1.O=C(O)C(F)(F)F. The summed E-state index contributed by atoms with van der Waals surface area (Å²) in [6, 6.07) is 10.8. The molecule has 0 bridgehead atoms. The van der Waals surface area contributed by atoms with Gasteiger partial charge < -0.3 is 20.2 Å². The zero-order chi connectivity index (χ0) is 26.9. The molecule has 3 rings (SSSR count). The third kappa shape index (κ3) is 8.59. The predicted octanol–water partition coefficient (Wildman–Crippen LogP) is 3.23. The molecule has 0 unspecified atom stereocenters. The topological polar surface area (TPSA) is 90.0 Å². The molecule has 1 aliphatic heterocycles. The van der Waals surface area contributed by atoms with Gasteiger partial charge in [-0.15, -0.1) is 0 Å². The summed E-state index contributed by atoms with van der Waals surface area (Å²) in [5, 5.41) is 10.3. The van der Waals surface area contributed by atoms with Crippen molar-refractivity contribution in [3.63, 3.8) is 0 Å². The fourth-order valence-electron chi connectivity index (χ4n) is 3.29. The van der Waals surface area contributed by atoms with Crippen molar-refractivity contribution >= 4 is 17.8 Å². The van der Waals surface area contributed by atoms with Crippen LogP contribution in [0.25, 0.3) is 0 Å². The van der Waals surface area contributed by atoms with Gasteiger partial charge in [-0.25, -0.2) is 13.6 Å². The molecule has 12 heteroatoms. The lowest BCUT2D eigenvalue weighted by Gasteiger charge is -2.30. The monoisotopic (exact) mass is 515 g/mol. The molecular weight excluding hydrogens is 489 g/mol. The number of hydrogen-bond donors (Lipinski definition) is 2. The Morgan fingerprint density at radius 3 is 2.03 bits per heavy atom. The first-order valence-corrected chi connectivity index (χ1v) is 11.0. The van der Waals surface area contributed by atoms with E-state index in [0.29, 0.717) is 26.2 Å². The molecule has 2 aromatic carbocycles. The maximum Gasteiger partial charge on any atom is 0.490 e. The first kappa shape index (κ1) is 28.7. The largest absolute Gasteiger partial charge is 0.490 e. The molecule has 2 amide bonds. The average Bonchev–Trinajstić information content (AvgIpc) is 2.85. The number of nitrogens with zero attached hydrogens (tertiary/aromatic N) is 2. The van der Waals surface area contributed by atoms with Crippen LogP contribution in [0.1, 0.15) is 28.4 Å². The van der Waals surface area contributed by atoms with Crippen molar-refractivity contribution in [2.75, 3.05) is 32.7 Å². The van der Waals surface area contributed by atoms with E-state index in [-0.39, 0.29) is 24.6 Å². The average molecular weight is 515 g/mol. The van der Waals surface area contributed by atoms with Gasteiger partial charge in [0, 0.05) is 38.3 Å². The van der Waals surface area contributed by atoms with E-state index < -0.39 is 29.7 Å².